The number of thiophene rings is 2. The molecule has 0 spiro atoms. The Morgan fingerprint density at radius 2 is 0.912 bits per heavy atom. The maximum Gasteiger partial charge on any atom is 0.170 e. The van der Waals surface area contributed by atoms with Crippen LogP contribution in [0.4, 0.5) is 8.78 Å². The van der Waals surface area contributed by atoms with Gasteiger partial charge < -0.3 is 0 Å². The van der Waals surface area contributed by atoms with Crippen LogP contribution in [0.15, 0.2) is 12.1 Å². The normalized spacial score (nSPS) is 13.0. The Labute approximate surface area is 355 Å². The van der Waals surface area contributed by atoms with Gasteiger partial charge in [-0.2, -0.15) is 15.0 Å². The quantitative estimate of drug-likeness (QED) is 0.0473. The molecule has 3 nitrogen and oxygen atoms in total. The van der Waals surface area contributed by atoms with Gasteiger partial charge >= 0.3 is 0 Å². The Bertz CT molecular complexity index is 1720. The smallest absolute Gasteiger partial charge is 0.170 e. The average molecular weight is 824 g/mol. The van der Waals surface area contributed by atoms with Crippen LogP contribution >= 0.6 is 22.7 Å². The van der Waals surface area contributed by atoms with Gasteiger partial charge in [-0.05, 0) is 68.2 Å². The summed E-state index contributed by atoms with van der Waals surface area (Å²) in [5, 5.41) is 9.72. The van der Waals surface area contributed by atoms with Gasteiger partial charge in [-0.3, -0.25) is 0 Å². The molecule has 7 heteroatoms. The van der Waals surface area contributed by atoms with E-state index in [1.54, 1.807) is 27.5 Å². The number of hydrogen-bond acceptors (Lipinski definition) is 4. The summed E-state index contributed by atoms with van der Waals surface area (Å²) in [6.45, 7) is 16.1. The second-order valence-electron chi connectivity index (χ2n) is 17.5. The van der Waals surface area contributed by atoms with Crippen LogP contribution in [-0.2, 0) is 19.4 Å². The number of halogens is 2. The predicted molar refractivity (Wildman–Crippen MR) is 247 cm³/mol. The molecular formula is C50H79F2N3S2. The molecule has 2 unspecified atom stereocenters. The van der Waals surface area contributed by atoms with E-state index in [1.807, 2.05) is 0 Å². The predicted octanol–water partition coefficient (Wildman–Crippen LogP) is 17.6. The van der Waals surface area contributed by atoms with Crippen molar-refractivity contribution in [1.82, 2.24) is 15.0 Å². The van der Waals surface area contributed by atoms with Gasteiger partial charge in [-0.1, -0.05) is 182 Å². The molecule has 4 rings (SSSR count). The lowest BCUT2D eigenvalue weighted by Gasteiger charge is -2.17. The van der Waals surface area contributed by atoms with Crippen molar-refractivity contribution >= 4 is 33.7 Å². The number of fused-ring (bicyclic) bond motifs is 1. The summed E-state index contributed by atoms with van der Waals surface area (Å²) >= 11 is 3.16. The first-order valence-electron chi connectivity index (χ1n) is 23.7. The van der Waals surface area contributed by atoms with Crippen LogP contribution in [0.1, 0.15) is 210 Å². The first-order valence-corrected chi connectivity index (χ1v) is 25.3. The molecule has 1 aromatic carbocycles. The summed E-state index contributed by atoms with van der Waals surface area (Å²) in [6.07, 6.45) is 32.9. The zero-order chi connectivity index (χ0) is 41.0. The third-order valence-electron chi connectivity index (χ3n) is 12.3. The monoisotopic (exact) mass is 824 g/mol. The van der Waals surface area contributed by atoms with Crippen molar-refractivity contribution in [1.29, 1.82) is 0 Å². The standard InChI is InChI=1S/C50H79F2N3S2/c1-8-12-15-18-21-22-25-28-31-40(30-27-24-20-17-14-10-3)34-42-36-44(57-39(42)7)46-48(52)47(51)45(49-50(46)54-55(53-49)32-11-4)43-35-41(38(6)56-43)33-37(5)29-26-23-19-16-13-9-2/h35-37,40H,8-34H2,1-7H3. The molecule has 0 saturated carbocycles. The topological polar surface area (TPSA) is 30.7 Å². The highest BCUT2D eigenvalue weighted by Gasteiger charge is 2.29. The van der Waals surface area contributed by atoms with Gasteiger partial charge in [0.15, 0.2) is 11.6 Å². The summed E-state index contributed by atoms with van der Waals surface area (Å²) in [6, 6.07) is 4.27. The largest absolute Gasteiger partial charge is 0.203 e. The molecule has 0 aliphatic heterocycles. The van der Waals surface area contributed by atoms with Crippen molar-refractivity contribution < 1.29 is 8.78 Å². The molecule has 3 heterocycles. The highest BCUT2D eigenvalue weighted by atomic mass is 32.1. The van der Waals surface area contributed by atoms with Gasteiger partial charge in [0.05, 0.1) is 17.7 Å². The molecule has 4 aromatic rings. The zero-order valence-electron chi connectivity index (χ0n) is 37.3. The summed E-state index contributed by atoms with van der Waals surface area (Å²) in [7, 11) is 0. The average Bonchev–Trinajstić information content (AvgIpc) is 3.88. The number of hydrogen-bond donors (Lipinski definition) is 0. The van der Waals surface area contributed by atoms with E-state index >= 15 is 8.78 Å². The number of rotatable bonds is 31. The van der Waals surface area contributed by atoms with Gasteiger partial charge in [0.25, 0.3) is 0 Å². The first-order chi connectivity index (χ1) is 27.7. The third kappa shape index (κ3) is 14.8. The van der Waals surface area contributed by atoms with Crippen molar-refractivity contribution in [2.24, 2.45) is 11.8 Å². The van der Waals surface area contributed by atoms with Gasteiger partial charge in [0, 0.05) is 19.5 Å². The molecule has 3 aromatic heterocycles. The lowest BCUT2D eigenvalue weighted by Crippen LogP contribution is -2.05. The molecule has 0 saturated heterocycles. The van der Waals surface area contributed by atoms with Crippen molar-refractivity contribution in [2.75, 3.05) is 0 Å². The molecule has 0 radical (unpaired) electrons. The van der Waals surface area contributed by atoms with Gasteiger partial charge in [0.1, 0.15) is 11.0 Å². The number of benzene rings is 1. The van der Waals surface area contributed by atoms with Crippen LogP contribution in [0.3, 0.4) is 0 Å². The molecule has 0 amide bonds. The van der Waals surface area contributed by atoms with Crippen LogP contribution in [-0.4, -0.2) is 15.0 Å². The van der Waals surface area contributed by atoms with Crippen molar-refractivity contribution in [2.45, 2.75) is 222 Å². The Morgan fingerprint density at radius 3 is 1.33 bits per heavy atom. The Morgan fingerprint density at radius 1 is 0.526 bits per heavy atom. The minimum absolute atomic E-state index is 0.273. The fourth-order valence-electron chi connectivity index (χ4n) is 8.74. The maximum atomic E-state index is 16.7. The molecule has 2 atom stereocenters. The van der Waals surface area contributed by atoms with Crippen LogP contribution in [0, 0.1) is 37.3 Å². The van der Waals surface area contributed by atoms with E-state index in [1.165, 1.54) is 169 Å². The van der Waals surface area contributed by atoms with Crippen molar-refractivity contribution in [3.63, 3.8) is 0 Å². The number of unbranched alkanes of at least 4 members (excludes halogenated alkanes) is 17. The van der Waals surface area contributed by atoms with Crippen molar-refractivity contribution in [3.8, 4) is 20.9 Å². The fraction of sp³-hybridized carbons (Fsp3) is 0.720. The summed E-state index contributed by atoms with van der Waals surface area (Å²) in [5.74, 6) is -0.414. The molecule has 0 N–H and O–H groups in total. The molecule has 0 fully saturated rings. The van der Waals surface area contributed by atoms with Crippen molar-refractivity contribution in [3.05, 3.63) is 44.6 Å². The van der Waals surface area contributed by atoms with E-state index in [-0.39, 0.29) is 11.1 Å². The number of aromatic nitrogens is 3. The van der Waals surface area contributed by atoms with E-state index in [0.29, 0.717) is 29.4 Å². The second-order valence-corrected chi connectivity index (χ2v) is 20.0. The highest BCUT2D eigenvalue weighted by Crippen LogP contribution is 2.45. The minimum atomic E-state index is -0.794. The molecular weight excluding hydrogens is 745 g/mol. The Hall–Kier alpha value is -2.12. The van der Waals surface area contributed by atoms with Crippen LogP contribution in [0.25, 0.3) is 31.9 Å². The van der Waals surface area contributed by atoms with Crippen LogP contribution in [0.2, 0.25) is 0 Å². The number of aryl methyl sites for hydroxylation is 3. The molecule has 0 aliphatic carbocycles. The Kier molecular flexibility index (Phi) is 21.8. The second kappa shape index (κ2) is 26.2. The van der Waals surface area contributed by atoms with E-state index in [4.69, 9.17) is 10.2 Å². The van der Waals surface area contributed by atoms with E-state index in [9.17, 15) is 0 Å². The third-order valence-corrected chi connectivity index (χ3v) is 14.5. The van der Waals surface area contributed by atoms with Gasteiger partial charge in [-0.25, -0.2) is 8.78 Å². The van der Waals surface area contributed by atoms with Gasteiger partial charge in [-0.15, -0.1) is 22.7 Å². The van der Waals surface area contributed by atoms with E-state index in [0.717, 1.165) is 29.0 Å². The molecule has 57 heavy (non-hydrogen) atoms. The summed E-state index contributed by atoms with van der Waals surface area (Å²) in [5.41, 5.74) is 4.05. The van der Waals surface area contributed by atoms with E-state index in [2.05, 4.69) is 60.6 Å². The first kappa shape index (κ1) is 47.6. The lowest BCUT2D eigenvalue weighted by atomic mass is 9.88. The van der Waals surface area contributed by atoms with E-state index < -0.39 is 11.6 Å². The lowest BCUT2D eigenvalue weighted by molar-refractivity contribution is 0.400. The summed E-state index contributed by atoms with van der Waals surface area (Å²) < 4.78 is 33.4. The number of nitrogens with zero attached hydrogens (tertiary/aromatic N) is 3. The molecule has 320 valence electrons. The minimum Gasteiger partial charge on any atom is -0.203 e. The van der Waals surface area contributed by atoms with Gasteiger partial charge in [0.2, 0.25) is 0 Å². The molecule has 0 aliphatic rings. The highest BCUT2D eigenvalue weighted by molar-refractivity contribution is 7.16. The maximum absolute atomic E-state index is 16.7. The van der Waals surface area contributed by atoms with Crippen LogP contribution in [0.5, 0.6) is 0 Å². The van der Waals surface area contributed by atoms with Crippen LogP contribution < -0.4 is 0 Å². The summed E-state index contributed by atoms with van der Waals surface area (Å²) in [4.78, 5) is 5.57. The molecule has 0 bridgehead atoms. The SMILES string of the molecule is CCCCCCCCCCC(CCCCCCCC)Cc1cc(-c2c(F)c(F)c(-c3cc(CC(C)CCCCCCCC)c(C)s3)c3nn(CCC)nc23)sc1C. The zero-order valence-corrected chi connectivity index (χ0v) is 38.9. The Balaban J connectivity index is 1.56. The fourth-order valence-corrected chi connectivity index (χ4v) is 10.9.